The smallest absolute Gasteiger partial charge is 0.326 e. The minimum Gasteiger partial charge on any atom is -0.493 e. The van der Waals surface area contributed by atoms with Crippen LogP contribution in [0.2, 0.25) is 0 Å². The number of fused-ring (bicyclic) bond motifs is 1. The summed E-state index contributed by atoms with van der Waals surface area (Å²) < 4.78 is 10.6. The van der Waals surface area contributed by atoms with E-state index in [2.05, 4.69) is 5.32 Å². The van der Waals surface area contributed by atoms with E-state index in [9.17, 15) is 9.59 Å². The van der Waals surface area contributed by atoms with Gasteiger partial charge in [-0.2, -0.15) is 0 Å². The minimum atomic E-state index is -1.06. The molecule has 2 rings (SSSR count). The third kappa shape index (κ3) is 5.76. The molecule has 6 nitrogen and oxygen atoms in total. The van der Waals surface area contributed by atoms with Crippen molar-refractivity contribution in [2.24, 2.45) is 0 Å². The highest BCUT2D eigenvalue weighted by Crippen LogP contribution is 2.25. The number of methoxy groups -OCH3 is 1. The largest absolute Gasteiger partial charge is 0.493 e. The lowest BCUT2D eigenvalue weighted by Crippen LogP contribution is -2.41. The van der Waals surface area contributed by atoms with Crippen LogP contribution in [0.3, 0.4) is 0 Å². The Morgan fingerprint density at radius 3 is 2.64 bits per heavy atom. The molecule has 0 saturated carbocycles. The molecule has 2 aromatic rings. The zero-order chi connectivity index (χ0) is 18.1. The van der Waals surface area contributed by atoms with Crippen molar-refractivity contribution >= 4 is 22.6 Å². The maximum absolute atomic E-state index is 11.9. The van der Waals surface area contributed by atoms with E-state index in [1.807, 2.05) is 42.5 Å². The van der Waals surface area contributed by atoms with Crippen molar-refractivity contribution < 1.29 is 24.2 Å². The van der Waals surface area contributed by atoms with E-state index in [1.165, 1.54) is 7.11 Å². The van der Waals surface area contributed by atoms with E-state index in [0.717, 1.165) is 16.5 Å². The van der Waals surface area contributed by atoms with E-state index >= 15 is 0 Å². The van der Waals surface area contributed by atoms with Crippen molar-refractivity contribution in [1.29, 1.82) is 0 Å². The summed E-state index contributed by atoms with van der Waals surface area (Å²) in [5.41, 5.74) is 0. The Morgan fingerprint density at radius 2 is 1.88 bits per heavy atom. The second-order valence-electron chi connectivity index (χ2n) is 5.67. The van der Waals surface area contributed by atoms with Gasteiger partial charge in [-0.15, -0.1) is 0 Å². The van der Waals surface area contributed by atoms with Gasteiger partial charge in [0.25, 0.3) is 0 Å². The van der Waals surface area contributed by atoms with Crippen molar-refractivity contribution in [3.63, 3.8) is 0 Å². The molecule has 1 amide bonds. The molecule has 1 unspecified atom stereocenters. The first-order valence-electron chi connectivity index (χ1n) is 8.23. The monoisotopic (exact) mass is 345 g/mol. The molecule has 0 aromatic heterocycles. The molecule has 134 valence electrons. The van der Waals surface area contributed by atoms with E-state index in [1.54, 1.807) is 0 Å². The molecule has 0 spiro atoms. The Balaban J connectivity index is 1.78. The van der Waals surface area contributed by atoms with Crippen LogP contribution >= 0.6 is 0 Å². The number of carbonyl (C=O) groups excluding carboxylic acids is 1. The van der Waals surface area contributed by atoms with Crippen LogP contribution in [0, 0.1) is 0 Å². The normalized spacial score (nSPS) is 11.9. The zero-order valence-electron chi connectivity index (χ0n) is 14.2. The number of hydrogen-bond acceptors (Lipinski definition) is 4. The average Bonchev–Trinajstić information content (AvgIpc) is 2.62. The highest BCUT2D eigenvalue weighted by molar-refractivity contribution is 5.88. The van der Waals surface area contributed by atoms with Crippen LogP contribution < -0.4 is 10.1 Å². The van der Waals surface area contributed by atoms with Crippen molar-refractivity contribution in [2.45, 2.75) is 25.3 Å². The van der Waals surface area contributed by atoms with Crippen LogP contribution in [0.25, 0.3) is 10.8 Å². The number of carbonyl (C=O) groups is 2. The van der Waals surface area contributed by atoms with Gasteiger partial charge in [0.15, 0.2) is 0 Å². The molecule has 0 aliphatic heterocycles. The first-order chi connectivity index (χ1) is 12.1. The quantitative estimate of drug-likeness (QED) is 0.647. The van der Waals surface area contributed by atoms with Crippen LogP contribution in [-0.4, -0.2) is 43.3 Å². The van der Waals surface area contributed by atoms with Gasteiger partial charge < -0.3 is 19.9 Å². The Morgan fingerprint density at radius 1 is 1.12 bits per heavy atom. The van der Waals surface area contributed by atoms with Crippen LogP contribution in [0.4, 0.5) is 0 Å². The number of aliphatic carboxylic acids is 1. The molecule has 0 heterocycles. The predicted molar refractivity (Wildman–Crippen MR) is 94.7 cm³/mol. The van der Waals surface area contributed by atoms with E-state index < -0.39 is 12.0 Å². The van der Waals surface area contributed by atoms with Crippen molar-refractivity contribution in [3.8, 4) is 5.75 Å². The molecule has 0 saturated heterocycles. The molecule has 0 radical (unpaired) electrons. The first kappa shape index (κ1) is 18.7. The average molecular weight is 345 g/mol. The van der Waals surface area contributed by atoms with Gasteiger partial charge >= 0.3 is 5.97 Å². The second-order valence-corrected chi connectivity index (χ2v) is 5.67. The second kappa shape index (κ2) is 9.64. The highest BCUT2D eigenvalue weighted by atomic mass is 16.5. The van der Waals surface area contributed by atoms with E-state index in [4.69, 9.17) is 14.6 Å². The Hall–Kier alpha value is -2.60. The van der Waals surface area contributed by atoms with Crippen LogP contribution in [0.5, 0.6) is 5.75 Å². The summed E-state index contributed by atoms with van der Waals surface area (Å²) in [7, 11) is 1.49. The maximum Gasteiger partial charge on any atom is 0.326 e. The summed E-state index contributed by atoms with van der Waals surface area (Å²) in [5, 5.41) is 13.7. The first-order valence-corrected chi connectivity index (χ1v) is 8.23. The fraction of sp³-hybridized carbons (Fsp3) is 0.368. The van der Waals surface area contributed by atoms with Crippen molar-refractivity contribution in [2.75, 3.05) is 20.3 Å². The van der Waals surface area contributed by atoms with Crippen LogP contribution in [0.1, 0.15) is 19.3 Å². The predicted octanol–water partition coefficient (Wildman–Crippen LogP) is 2.60. The third-order valence-corrected chi connectivity index (χ3v) is 3.80. The minimum absolute atomic E-state index is 0.210. The van der Waals surface area contributed by atoms with Gasteiger partial charge in [0, 0.05) is 31.9 Å². The maximum atomic E-state index is 11.9. The summed E-state index contributed by atoms with van der Waals surface area (Å²) in [6, 6.07) is 12.8. The molecule has 25 heavy (non-hydrogen) atoms. The fourth-order valence-corrected chi connectivity index (χ4v) is 2.50. The summed E-state index contributed by atoms with van der Waals surface area (Å²) in [4.78, 5) is 23.0. The standard InChI is InChI=1S/C19H23NO5/c1-24-13-11-16(19(22)23)20-18(21)10-5-12-25-17-9-4-7-14-6-2-3-8-15(14)17/h2-4,6-9,16H,5,10-13H2,1H3,(H,20,21)(H,22,23). The van der Waals surface area contributed by atoms with Crippen LogP contribution in [-0.2, 0) is 14.3 Å². The summed E-state index contributed by atoms with van der Waals surface area (Å²) in [5.74, 6) is -0.579. The SMILES string of the molecule is COCCC(NC(=O)CCCOc1cccc2ccccc12)C(=O)O. The molecule has 2 N–H and O–H groups in total. The molecule has 0 bridgehead atoms. The molecule has 0 aliphatic carbocycles. The number of amides is 1. The molecule has 6 heteroatoms. The van der Waals surface area contributed by atoms with Gasteiger partial charge in [-0.05, 0) is 17.9 Å². The van der Waals surface area contributed by atoms with Gasteiger partial charge in [0.2, 0.25) is 5.91 Å². The lowest BCUT2D eigenvalue weighted by molar-refractivity contribution is -0.142. The molecular weight excluding hydrogens is 322 g/mol. The van der Waals surface area contributed by atoms with Gasteiger partial charge in [0.1, 0.15) is 11.8 Å². The van der Waals surface area contributed by atoms with Gasteiger partial charge in [-0.25, -0.2) is 4.79 Å². The molecule has 1 atom stereocenters. The number of carboxylic acids is 1. The Bertz CT molecular complexity index is 711. The zero-order valence-corrected chi connectivity index (χ0v) is 14.2. The van der Waals surface area contributed by atoms with Crippen molar-refractivity contribution in [1.82, 2.24) is 5.32 Å². The molecule has 0 aliphatic rings. The molecule has 2 aromatic carbocycles. The number of nitrogens with one attached hydrogen (secondary N) is 1. The number of hydrogen-bond donors (Lipinski definition) is 2. The lowest BCUT2D eigenvalue weighted by atomic mass is 10.1. The third-order valence-electron chi connectivity index (χ3n) is 3.80. The molecule has 0 fully saturated rings. The highest BCUT2D eigenvalue weighted by Gasteiger charge is 2.19. The van der Waals surface area contributed by atoms with Crippen molar-refractivity contribution in [3.05, 3.63) is 42.5 Å². The number of ether oxygens (including phenoxy) is 2. The number of benzene rings is 2. The van der Waals surface area contributed by atoms with Gasteiger partial charge in [-0.1, -0.05) is 36.4 Å². The summed E-state index contributed by atoms with van der Waals surface area (Å²) in [6.45, 7) is 0.665. The molecular formula is C19H23NO5. The van der Waals surface area contributed by atoms with Gasteiger partial charge in [-0.3, -0.25) is 4.79 Å². The Kier molecular flexibility index (Phi) is 7.22. The number of carboxylic acid groups (broad SMARTS) is 1. The summed E-state index contributed by atoms with van der Waals surface area (Å²) >= 11 is 0. The van der Waals surface area contributed by atoms with E-state index in [0.29, 0.717) is 13.0 Å². The van der Waals surface area contributed by atoms with E-state index in [-0.39, 0.29) is 25.4 Å². The fourth-order valence-electron chi connectivity index (χ4n) is 2.50. The topological polar surface area (TPSA) is 84.9 Å². The summed E-state index contributed by atoms with van der Waals surface area (Å²) in [6.07, 6.45) is 0.956. The van der Waals surface area contributed by atoms with Gasteiger partial charge in [0.05, 0.1) is 6.61 Å². The lowest BCUT2D eigenvalue weighted by Gasteiger charge is -2.14. The number of rotatable bonds is 10. The van der Waals surface area contributed by atoms with Crippen LogP contribution in [0.15, 0.2) is 42.5 Å². The Labute approximate surface area is 146 Å².